The van der Waals surface area contributed by atoms with E-state index in [2.05, 4.69) is 11.2 Å². The lowest BCUT2D eigenvalue weighted by atomic mass is 9.91. The first kappa shape index (κ1) is 19.9. The number of ether oxygens (including phenoxy) is 1. The minimum Gasteiger partial charge on any atom is -0.496 e. The van der Waals surface area contributed by atoms with E-state index in [0.717, 1.165) is 4.68 Å². The van der Waals surface area contributed by atoms with Gasteiger partial charge in [-0.2, -0.15) is 15.0 Å². The highest BCUT2D eigenvalue weighted by Gasteiger charge is 2.20. The van der Waals surface area contributed by atoms with Gasteiger partial charge in [-0.1, -0.05) is 29.8 Å². The number of hydrogen-bond acceptors (Lipinski definition) is 6. The number of aromatic nitrogens is 3. The van der Waals surface area contributed by atoms with E-state index in [0.29, 0.717) is 16.1 Å². The summed E-state index contributed by atoms with van der Waals surface area (Å²) >= 11 is 5.90. The van der Waals surface area contributed by atoms with E-state index >= 15 is 0 Å². The van der Waals surface area contributed by atoms with Crippen LogP contribution in [0.5, 0.6) is 5.75 Å². The monoisotopic (exact) mass is 412 g/mol. The summed E-state index contributed by atoms with van der Waals surface area (Å²) in [4.78, 5) is 36.7. The molecule has 2 N–H and O–H groups in total. The Labute approximate surface area is 168 Å². The maximum Gasteiger partial charge on any atom is 0.362 e. The molecule has 1 heterocycles. The Morgan fingerprint density at radius 1 is 1.28 bits per heavy atom. The van der Waals surface area contributed by atoms with E-state index in [1.807, 2.05) is 4.98 Å². The predicted octanol–water partition coefficient (Wildman–Crippen LogP) is 1.94. The molecular weight excluding hydrogens is 400 g/mol. The number of nitrogens with one attached hydrogen (secondary N) is 1. The second-order valence-corrected chi connectivity index (χ2v) is 6.30. The number of rotatable bonds is 5. The van der Waals surface area contributed by atoms with Crippen LogP contribution in [0.1, 0.15) is 27.5 Å². The van der Waals surface area contributed by atoms with Crippen molar-refractivity contribution >= 4 is 17.6 Å². The van der Waals surface area contributed by atoms with Crippen molar-refractivity contribution in [1.82, 2.24) is 14.8 Å². The van der Waals surface area contributed by atoms with Crippen LogP contribution in [-0.2, 0) is 0 Å². The Morgan fingerprint density at radius 2 is 1.97 bits per heavy atom. The van der Waals surface area contributed by atoms with E-state index in [1.54, 1.807) is 30.3 Å². The van der Waals surface area contributed by atoms with Crippen molar-refractivity contribution in [3.05, 3.63) is 85.1 Å². The Hall–Kier alpha value is -3.90. The fourth-order valence-corrected chi connectivity index (χ4v) is 2.89. The molecule has 1 unspecified atom stereocenters. The highest BCUT2D eigenvalue weighted by atomic mass is 35.5. The third kappa shape index (κ3) is 3.88. The molecule has 0 aliphatic rings. The summed E-state index contributed by atoms with van der Waals surface area (Å²) in [5.74, 6) is -1.97. The average Bonchev–Trinajstić information content (AvgIpc) is 2.70. The van der Waals surface area contributed by atoms with Gasteiger partial charge in [0.05, 0.1) is 24.8 Å². The Bertz CT molecular complexity index is 1240. The summed E-state index contributed by atoms with van der Waals surface area (Å²) in [6.45, 7) is 0. The lowest BCUT2D eigenvalue weighted by molar-refractivity contribution is 0.0685. The second-order valence-electron chi connectivity index (χ2n) is 5.86. The molecule has 0 aliphatic carbocycles. The van der Waals surface area contributed by atoms with Crippen molar-refractivity contribution in [1.29, 1.82) is 5.26 Å². The van der Waals surface area contributed by atoms with Crippen LogP contribution in [0.2, 0.25) is 5.02 Å². The zero-order chi connectivity index (χ0) is 21.1. The summed E-state index contributed by atoms with van der Waals surface area (Å²) in [7, 11) is 1.39. The molecule has 0 radical (unpaired) electrons. The standard InChI is InChI=1S/C19H13ClN4O5/c1-29-15-8-12(24-19(28)22-17(25)16(23-24)18(26)27)6-7-13(15)14(9-21)10-2-4-11(20)5-3-10/h2-8,14H,1H3,(H,26,27)(H,22,25,28). The number of halogens is 1. The van der Waals surface area contributed by atoms with Crippen LogP contribution < -0.4 is 16.0 Å². The average molecular weight is 413 g/mol. The third-order valence-corrected chi connectivity index (χ3v) is 4.39. The number of hydrogen-bond donors (Lipinski definition) is 2. The molecular formula is C19H13ClN4O5. The first-order valence-corrected chi connectivity index (χ1v) is 8.54. The number of carbonyl (C=O) groups is 1. The van der Waals surface area contributed by atoms with Gasteiger partial charge in [0.1, 0.15) is 5.75 Å². The highest BCUT2D eigenvalue weighted by molar-refractivity contribution is 6.30. The van der Waals surface area contributed by atoms with Crippen molar-refractivity contribution in [2.75, 3.05) is 7.11 Å². The van der Waals surface area contributed by atoms with E-state index in [9.17, 15) is 19.6 Å². The smallest absolute Gasteiger partial charge is 0.362 e. The summed E-state index contributed by atoms with van der Waals surface area (Å²) in [6.07, 6.45) is 0. The zero-order valence-corrected chi connectivity index (χ0v) is 15.7. The van der Waals surface area contributed by atoms with E-state index in [4.69, 9.17) is 21.4 Å². The SMILES string of the molecule is COc1cc(-n2nc(C(=O)O)c(=O)[nH]c2=O)ccc1C(C#N)c1ccc(Cl)cc1. The van der Waals surface area contributed by atoms with Crippen LogP contribution in [0.25, 0.3) is 5.69 Å². The molecule has 29 heavy (non-hydrogen) atoms. The molecule has 0 bridgehead atoms. The third-order valence-electron chi connectivity index (χ3n) is 4.14. The molecule has 0 amide bonds. The maximum atomic E-state index is 12.1. The van der Waals surface area contributed by atoms with Gasteiger partial charge in [0, 0.05) is 16.7 Å². The van der Waals surface area contributed by atoms with Crippen molar-refractivity contribution < 1.29 is 14.6 Å². The molecule has 3 aromatic rings. The fourth-order valence-electron chi connectivity index (χ4n) is 2.76. The number of carboxylic acids is 1. The van der Waals surface area contributed by atoms with Crippen molar-refractivity contribution in [3.8, 4) is 17.5 Å². The number of nitrogens with zero attached hydrogens (tertiary/aromatic N) is 3. The zero-order valence-electron chi connectivity index (χ0n) is 14.9. The van der Waals surface area contributed by atoms with Gasteiger partial charge in [-0.05, 0) is 23.8 Å². The van der Waals surface area contributed by atoms with Crippen LogP contribution in [0.15, 0.2) is 52.1 Å². The minimum absolute atomic E-state index is 0.155. The summed E-state index contributed by atoms with van der Waals surface area (Å²) < 4.78 is 6.11. The molecule has 0 saturated heterocycles. The van der Waals surface area contributed by atoms with Gasteiger partial charge < -0.3 is 9.84 Å². The van der Waals surface area contributed by atoms with E-state index in [1.165, 1.54) is 19.2 Å². The fraction of sp³-hybridized carbons (Fsp3) is 0.105. The Balaban J connectivity index is 2.13. The van der Waals surface area contributed by atoms with Gasteiger partial charge in [0.25, 0.3) is 5.56 Å². The number of aromatic amines is 1. The Kier molecular flexibility index (Phi) is 5.47. The van der Waals surface area contributed by atoms with Crippen LogP contribution in [0, 0.1) is 11.3 Å². The van der Waals surface area contributed by atoms with Gasteiger partial charge in [0.15, 0.2) is 0 Å². The van der Waals surface area contributed by atoms with Crippen molar-refractivity contribution in [2.45, 2.75) is 5.92 Å². The molecule has 10 heteroatoms. The summed E-state index contributed by atoms with van der Waals surface area (Å²) in [5, 5.41) is 22.9. The molecule has 0 aliphatic heterocycles. The summed E-state index contributed by atoms with van der Waals surface area (Å²) in [6, 6.07) is 13.4. The second kappa shape index (κ2) is 8.00. The van der Waals surface area contributed by atoms with Crippen LogP contribution in [-0.4, -0.2) is 33.0 Å². The normalized spacial score (nSPS) is 11.5. The topological polar surface area (TPSA) is 138 Å². The molecule has 146 valence electrons. The Morgan fingerprint density at radius 3 is 2.55 bits per heavy atom. The van der Waals surface area contributed by atoms with Crippen LogP contribution >= 0.6 is 11.6 Å². The van der Waals surface area contributed by atoms with Gasteiger partial charge in [-0.3, -0.25) is 9.78 Å². The molecule has 1 aromatic heterocycles. The number of methoxy groups -OCH3 is 1. The molecule has 0 spiro atoms. The minimum atomic E-state index is -1.57. The van der Waals surface area contributed by atoms with Crippen molar-refractivity contribution in [2.24, 2.45) is 0 Å². The van der Waals surface area contributed by atoms with Gasteiger partial charge in [0.2, 0.25) is 5.69 Å². The molecule has 1 atom stereocenters. The van der Waals surface area contributed by atoms with Crippen LogP contribution in [0.4, 0.5) is 0 Å². The van der Waals surface area contributed by atoms with E-state index < -0.39 is 28.8 Å². The van der Waals surface area contributed by atoms with Crippen molar-refractivity contribution in [3.63, 3.8) is 0 Å². The lowest BCUT2D eigenvalue weighted by Gasteiger charge is -2.16. The number of nitriles is 1. The summed E-state index contributed by atoms with van der Waals surface area (Å²) in [5.41, 5.74) is -1.47. The first-order chi connectivity index (χ1) is 13.8. The van der Waals surface area contributed by atoms with Gasteiger partial charge in [-0.15, -0.1) is 0 Å². The molecule has 9 nitrogen and oxygen atoms in total. The highest BCUT2D eigenvalue weighted by Crippen LogP contribution is 2.33. The largest absolute Gasteiger partial charge is 0.496 e. The van der Waals surface area contributed by atoms with Gasteiger partial charge in [-0.25, -0.2) is 9.59 Å². The number of aromatic carboxylic acids is 1. The lowest BCUT2D eigenvalue weighted by Crippen LogP contribution is -2.35. The molecule has 2 aromatic carbocycles. The molecule has 0 fully saturated rings. The van der Waals surface area contributed by atoms with E-state index in [-0.39, 0.29) is 11.4 Å². The van der Waals surface area contributed by atoms with Crippen LogP contribution in [0.3, 0.4) is 0 Å². The quantitative estimate of drug-likeness (QED) is 0.652. The number of benzene rings is 2. The first-order valence-electron chi connectivity index (χ1n) is 8.16. The predicted molar refractivity (Wildman–Crippen MR) is 103 cm³/mol. The van der Waals surface area contributed by atoms with Gasteiger partial charge >= 0.3 is 11.7 Å². The number of H-pyrrole nitrogens is 1. The molecule has 0 saturated carbocycles. The molecule has 3 rings (SSSR count). The maximum absolute atomic E-state index is 12.1. The number of carboxylic acid groups (broad SMARTS) is 1.